The highest BCUT2D eigenvalue weighted by atomic mass is 32.2. The average Bonchev–Trinajstić information content (AvgIpc) is 2.99. The Morgan fingerprint density at radius 3 is 2.45 bits per heavy atom. The molecule has 1 aliphatic carbocycles. The van der Waals surface area contributed by atoms with E-state index in [0.29, 0.717) is 18.4 Å². The molecule has 0 radical (unpaired) electrons. The van der Waals surface area contributed by atoms with Crippen LogP contribution in [0.5, 0.6) is 0 Å². The van der Waals surface area contributed by atoms with Crippen molar-refractivity contribution < 1.29 is 30.8 Å². The van der Waals surface area contributed by atoms with Crippen molar-refractivity contribution in [3.05, 3.63) is 82.8 Å². The van der Waals surface area contributed by atoms with Gasteiger partial charge in [0.1, 0.15) is 22.2 Å². The van der Waals surface area contributed by atoms with Crippen LogP contribution in [0.15, 0.2) is 65.1 Å². The summed E-state index contributed by atoms with van der Waals surface area (Å²) in [4.78, 5) is 42.2. The number of halogens is 4. The molecule has 47 heavy (non-hydrogen) atoms. The number of hydrogen-bond donors (Lipinski definition) is 0. The number of rotatable bonds is 6. The van der Waals surface area contributed by atoms with E-state index in [1.165, 1.54) is 24.4 Å². The predicted octanol–water partition coefficient (Wildman–Crippen LogP) is 4.89. The summed E-state index contributed by atoms with van der Waals surface area (Å²) in [7, 11) is -4.02. The second-order valence-corrected chi connectivity index (χ2v) is 13.8. The molecule has 3 aromatic heterocycles. The number of benzene rings is 1. The van der Waals surface area contributed by atoms with Crippen LogP contribution in [-0.4, -0.2) is 70.7 Å². The molecule has 2 aliphatic rings. The molecule has 4 heterocycles. The van der Waals surface area contributed by atoms with Crippen LogP contribution in [0.1, 0.15) is 43.2 Å². The van der Waals surface area contributed by atoms with Crippen LogP contribution >= 0.6 is 0 Å². The Balaban J connectivity index is 1.69. The van der Waals surface area contributed by atoms with Crippen molar-refractivity contribution >= 4 is 32.6 Å². The van der Waals surface area contributed by atoms with Gasteiger partial charge in [-0.2, -0.15) is 18.2 Å². The molecule has 1 saturated carbocycles. The van der Waals surface area contributed by atoms with Gasteiger partial charge in [0.2, 0.25) is 5.91 Å². The fourth-order valence-electron chi connectivity index (χ4n) is 6.23. The first-order valence-corrected chi connectivity index (χ1v) is 16.8. The van der Waals surface area contributed by atoms with Crippen molar-refractivity contribution in [3.63, 3.8) is 0 Å². The Morgan fingerprint density at radius 2 is 1.83 bits per heavy atom. The number of anilines is 1. The van der Waals surface area contributed by atoms with E-state index < -0.39 is 50.4 Å². The largest absolute Gasteiger partial charge is 0.417 e. The standard InChI is InChI=1S/C32H30F4N6O4S/c1-4-26(43)40-12-13-41(18(2)17-40)29-21-14-24(33)27(20-10-5-6-11-23(20)32(34,35)36)38-30(21)42(31(44)39-29)28-22(19-8-7-9-19)15-37-16-25(28)47(3,45)46/h4-6,10-11,14-16,18-19H,1,7-9,12-13,17H2,2-3H3/t18-/m0/s1. The molecule has 1 amide bonds. The molecule has 2 fully saturated rings. The molecule has 10 nitrogen and oxygen atoms in total. The number of amides is 1. The van der Waals surface area contributed by atoms with Gasteiger partial charge in [0.05, 0.1) is 16.6 Å². The van der Waals surface area contributed by atoms with Crippen molar-refractivity contribution in [1.82, 2.24) is 24.4 Å². The molecule has 0 N–H and O–H groups in total. The van der Waals surface area contributed by atoms with Crippen molar-refractivity contribution in [2.75, 3.05) is 30.8 Å². The van der Waals surface area contributed by atoms with E-state index in [-0.39, 0.29) is 58.9 Å². The molecule has 0 bridgehead atoms. The summed E-state index contributed by atoms with van der Waals surface area (Å²) < 4.78 is 85.5. The smallest absolute Gasteiger partial charge is 0.350 e. The molecule has 1 aliphatic heterocycles. The van der Waals surface area contributed by atoms with Crippen molar-refractivity contribution in [2.45, 2.75) is 49.2 Å². The Hall–Kier alpha value is -4.66. The van der Waals surface area contributed by atoms with E-state index in [1.807, 2.05) is 0 Å². The highest BCUT2D eigenvalue weighted by molar-refractivity contribution is 7.90. The van der Waals surface area contributed by atoms with Crippen LogP contribution in [-0.2, 0) is 20.8 Å². The van der Waals surface area contributed by atoms with Gasteiger partial charge in [0.15, 0.2) is 15.5 Å². The van der Waals surface area contributed by atoms with E-state index in [1.54, 1.807) is 16.7 Å². The molecule has 1 aromatic carbocycles. The molecule has 1 atom stereocenters. The number of hydrogen-bond acceptors (Lipinski definition) is 8. The lowest BCUT2D eigenvalue weighted by atomic mass is 9.80. The van der Waals surface area contributed by atoms with E-state index in [9.17, 15) is 31.2 Å². The molecule has 0 spiro atoms. The number of fused-ring (bicyclic) bond motifs is 1. The SMILES string of the molecule is C=CC(=O)N1CCN(c2nc(=O)n(-c3c(C4CCC4)cncc3S(C)(=O)=O)c3nc(-c4ccccc4C(F)(F)F)c(F)cc23)[C@@H](C)C1. The fourth-order valence-corrected chi connectivity index (χ4v) is 7.04. The van der Waals surface area contributed by atoms with Crippen molar-refractivity contribution in [3.8, 4) is 16.9 Å². The van der Waals surface area contributed by atoms with E-state index >= 15 is 4.39 Å². The number of sulfone groups is 1. The van der Waals surface area contributed by atoms with Gasteiger partial charge in [0.25, 0.3) is 0 Å². The van der Waals surface area contributed by atoms with Gasteiger partial charge in [-0.05, 0) is 49.5 Å². The summed E-state index contributed by atoms with van der Waals surface area (Å²) in [6.07, 6.45) is 2.09. The summed E-state index contributed by atoms with van der Waals surface area (Å²) in [5.41, 5.74) is -3.24. The highest BCUT2D eigenvalue weighted by Crippen LogP contribution is 2.42. The molecule has 1 saturated heterocycles. The lowest BCUT2D eigenvalue weighted by molar-refractivity contribution is -0.137. The Bertz CT molecular complexity index is 2100. The summed E-state index contributed by atoms with van der Waals surface area (Å²) in [5, 5.41) is -0.0264. The van der Waals surface area contributed by atoms with Gasteiger partial charge in [-0.15, -0.1) is 0 Å². The number of nitrogens with zero attached hydrogens (tertiary/aromatic N) is 6. The zero-order valence-electron chi connectivity index (χ0n) is 25.5. The Labute approximate surface area is 267 Å². The van der Waals surface area contributed by atoms with E-state index in [2.05, 4.69) is 21.5 Å². The second-order valence-electron chi connectivity index (χ2n) is 11.8. The number of carbonyl (C=O) groups is 1. The molecular weight excluding hydrogens is 640 g/mol. The van der Waals surface area contributed by atoms with Gasteiger partial charge in [-0.3, -0.25) is 9.78 Å². The molecule has 0 unspecified atom stereocenters. The summed E-state index contributed by atoms with van der Waals surface area (Å²) in [6, 6.07) is 4.91. The number of piperazine rings is 1. The number of pyridine rings is 2. The normalized spacial score (nSPS) is 17.5. The minimum Gasteiger partial charge on any atom is -0.350 e. The first-order chi connectivity index (χ1) is 22.2. The van der Waals surface area contributed by atoms with Crippen LogP contribution in [0, 0.1) is 5.82 Å². The Kier molecular flexibility index (Phi) is 8.14. The average molecular weight is 671 g/mol. The Morgan fingerprint density at radius 1 is 1.11 bits per heavy atom. The summed E-state index contributed by atoms with van der Waals surface area (Å²) >= 11 is 0. The third-order valence-electron chi connectivity index (χ3n) is 8.76. The lowest BCUT2D eigenvalue weighted by Gasteiger charge is -2.40. The maximum absolute atomic E-state index is 16.1. The molecule has 15 heteroatoms. The van der Waals surface area contributed by atoms with Crippen molar-refractivity contribution in [1.29, 1.82) is 0 Å². The van der Waals surface area contributed by atoms with Crippen LogP contribution in [0.2, 0.25) is 0 Å². The zero-order valence-corrected chi connectivity index (χ0v) is 26.3. The summed E-state index contributed by atoms with van der Waals surface area (Å²) in [5.74, 6) is -1.54. The van der Waals surface area contributed by atoms with Gasteiger partial charge < -0.3 is 9.80 Å². The fraction of sp³-hybridized carbons (Fsp3) is 0.344. The number of alkyl halides is 3. The first-order valence-electron chi connectivity index (χ1n) is 14.9. The van der Waals surface area contributed by atoms with Crippen molar-refractivity contribution in [2.24, 2.45) is 0 Å². The van der Waals surface area contributed by atoms with Gasteiger partial charge in [-0.1, -0.05) is 31.2 Å². The first kappa shape index (κ1) is 32.3. The van der Waals surface area contributed by atoms with Crippen LogP contribution in [0.3, 0.4) is 0 Å². The molecule has 4 aromatic rings. The van der Waals surface area contributed by atoms with Crippen LogP contribution in [0.4, 0.5) is 23.4 Å². The maximum Gasteiger partial charge on any atom is 0.417 e. The third-order valence-corrected chi connectivity index (χ3v) is 9.85. The highest BCUT2D eigenvalue weighted by Gasteiger charge is 2.36. The lowest BCUT2D eigenvalue weighted by Crippen LogP contribution is -2.54. The molecule has 6 rings (SSSR count). The monoisotopic (exact) mass is 670 g/mol. The van der Waals surface area contributed by atoms with Crippen LogP contribution in [0.25, 0.3) is 28.0 Å². The van der Waals surface area contributed by atoms with Gasteiger partial charge in [-0.25, -0.2) is 27.2 Å². The number of carbonyl (C=O) groups excluding carboxylic acids is 1. The van der Waals surface area contributed by atoms with Gasteiger partial charge >= 0.3 is 11.9 Å². The minimum atomic E-state index is -4.85. The quantitative estimate of drug-likeness (QED) is 0.210. The zero-order chi connectivity index (χ0) is 33.8. The topological polar surface area (TPSA) is 118 Å². The van der Waals surface area contributed by atoms with Crippen LogP contribution < -0.4 is 10.6 Å². The number of aromatic nitrogens is 4. The minimum absolute atomic E-state index is 0.00154. The maximum atomic E-state index is 16.1. The van der Waals surface area contributed by atoms with E-state index in [4.69, 9.17) is 0 Å². The molecular formula is C32H30F4N6O4S. The molecule has 246 valence electrons. The van der Waals surface area contributed by atoms with E-state index in [0.717, 1.165) is 41.6 Å². The second kappa shape index (κ2) is 11.9. The van der Waals surface area contributed by atoms with Gasteiger partial charge in [0, 0.05) is 49.9 Å². The summed E-state index contributed by atoms with van der Waals surface area (Å²) in [6.45, 7) is 5.92. The predicted molar refractivity (Wildman–Crippen MR) is 167 cm³/mol. The third kappa shape index (κ3) is 5.77.